The average molecular weight is 405 g/mol. The summed E-state index contributed by atoms with van der Waals surface area (Å²) in [5.41, 5.74) is -0.0866. The summed E-state index contributed by atoms with van der Waals surface area (Å²) in [6, 6.07) is 0. The van der Waals surface area contributed by atoms with Crippen LogP contribution in [0.3, 0.4) is 0 Å². The Morgan fingerprint density at radius 3 is 2.31 bits per heavy atom. The van der Waals surface area contributed by atoms with E-state index >= 15 is 0 Å². The summed E-state index contributed by atoms with van der Waals surface area (Å²) in [5, 5.41) is 22.1. The number of aliphatic hydroxyl groups is 2. The van der Waals surface area contributed by atoms with Crippen molar-refractivity contribution in [3.63, 3.8) is 0 Å². The second kappa shape index (κ2) is 7.80. The summed E-state index contributed by atoms with van der Waals surface area (Å²) in [6.07, 6.45) is 14.1. The quantitative estimate of drug-likeness (QED) is 0.543. The van der Waals surface area contributed by atoms with Gasteiger partial charge in [0.05, 0.1) is 11.7 Å². The molecule has 0 radical (unpaired) electrons. The van der Waals surface area contributed by atoms with Crippen LogP contribution in [0, 0.1) is 46.3 Å². The smallest absolute Gasteiger partial charge is 0.0705 e. The van der Waals surface area contributed by atoms with E-state index in [4.69, 9.17) is 0 Å². The lowest BCUT2D eigenvalue weighted by atomic mass is 9.43. The lowest BCUT2D eigenvalue weighted by Crippen LogP contribution is -2.62. The van der Waals surface area contributed by atoms with Crippen molar-refractivity contribution in [3.8, 4) is 0 Å². The summed E-state index contributed by atoms with van der Waals surface area (Å²) in [5.74, 6) is 4.82. The predicted molar refractivity (Wildman–Crippen MR) is 121 cm³/mol. The van der Waals surface area contributed by atoms with E-state index in [1.54, 1.807) is 0 Å². The highest BCUT2D eigenvalue weighted by Crippen LogP contribution is 2.69. The topological polar surface area (TPSA) is 40.5 Å². The van der Waals surface area contributed by atoms with Crippen LogP contribution in [0.25, 0.3) is 0 Å². The third kappa shape index (κ3) is 3.53. The van der Waals surface area contributed by atoms with Crippen molar-refractivity contribution >= 4 is 0 Å². The Balaban J connectivity index is 1.50. The number of fused-ring (bicyclic) bond motifs is 5. The molecule has 4 fully saturated rings. The van der Waals surface area contributed by atoms with Crippen molar-refractivity contribution in [1.82, 2.24) is 0 Å². The summed E-state index contributed by atoms with van der Waals surface area (Å²) in [6.45, 7) is 12.2. The second-order valence-corrected chi connectivity index (χ2v) is 12.8. The van der Waals surface area contributed by atoms with Crippen molar-refractivity contribution in [1.29, 1.82) is 0 Å². The molecule has 0 spiro atoms. The highest BCUT2D eigenvalue weighted by molar-refractivity contribution is 5.14. The number of rotatable bonds is 5. The van der Waals surface area contributed by atoms with Gasteiger partial charge in [0.25, 0.3) is 0 Å². The number of hydrogen-bond acceptors (Lipinski definition) is 2. The molecule has 0 saturated heterocycles. The van der Waals surface area contributed by atoms with Gasteiger partial charge in [0.15, 0.2) is 0 Å². The van der Waals surface area contributed by atoms with Gasteiger partial charge in [-0.25, -0.2) is 0 Å². The molecule has 2 heteroatoms. The molecule has 2 N–H and O–H groups in total. The van der Waals surface area contributed by atoms with Crippen LogP contribution in [0.2, 0.25) is 0 Å². The molecule has 0 bridgehead atoms. The van der Waals surface area contributed by atoms with Gasteiger partial charge in [0, 0.05) is 5.41 Å². The summed E-state index contributed by atoms with van der Waals surface area (Å²) < 4.78 is 0. The Morgan fingerprint density at radius 1 is 0.862 bits per heavy atom. The standard InChI is InChI=1S/C27H48O2/c1-18(2)7-6-8-19(3)22-9-10-23-21-12-16-27(29)15-11-20(28)17-26(27,5)24(21)13-14-25(22,23)4/h18-24,28-29H,6-17H2,1-5H3/t19-,20?,21+,22-,23+,24+,25-,26-,27?/m1/s1. The van der Waals surface area contributed by atoms with Crippen LogP contribution in [-0.4, -0.2) is 21.9 Å². The SMILES string of the molecule is CC(C)CCC[C@@H](C)[C@H]1CC[C@H]2[C@@H]3CCC4(O)CCC(O)C[C@]4(C)[C@H]3CC[C@]12C. The maximum atomic E-state index is 11.6. The van der Waals surface area contributed by atoms with E-state index in [1.165, 1.54) is 51.4 Å². The molecule has 0 aliphatic heterocycles. The minimum atomic E-state index is -0.525. The van der Waals surface area contributed by atoms with Crippen LogP contribution in [0.4, 0.5) is 0 Å². The van der Waals surface area contributed by atoms with Crippen molar-refractivity contribution in [2.45, 2.75) is 123 Å². The van der Waals surface area contributed by atoms with Gasteiger partial charge in [-0.3, -0.25) is 0 Å². The first kappa shape index (κ1) is 22.1. The molecule has 2 nitrogen and oxygen atoms in total. The summed E-state index contributed by atoms with van der Waals surface area (Å²) in [7, 11) is 0. The third-order valence-corrected chi connectivity index (χ3v) is 11.0. The molecular weight excluding hydrogens is 356 g/mol. The van der Waals surface area contributed by atoms with Crippen molar-refractivity contribution in [2.75, 3.05) is 0 Å². The second-order valence-electron chi connectivity index (χ2n) is 12.8. The van der Waals surface area contributed by atoms with E-state index in [1.807, 2.05) is 0 Å². The fourth-order valence-corrected chi connectivity index (χ4v) is 9.29. The molecule has 0 aromatic carbocycles. The van der Waals surface area contributed by atoms with E-state index in [0.717, 1.165) is 55.3 Å². The van der Waals surface area contributed by atoms with E-state index in [2.05, 4.69) is 34.6 Å². The molecule has 0 aromatic rings. The molecular formula is C27H48O2. The molecule has 0 aromatic heterocycles. The van der Waals surface area contributed by atoms with E-state index < -0.39 is 5.60 Å². The first-order valence-corrected chi connectivity index (χ1v) is 13.0. The van der Waals surface area contributed by atoms with Crippen molar-refractivity contribution < 1.29 is 10.2 Å². The van der Waals surface area contributed by atoms with Gasteiger partial charge in [0.2, 0.25) is 0 Å². The van der Waals surface area contributed by atoms with Gasteiger partial charge in [0.1, 0.15) is 0 Å². The van der Waals surface area contributed by atoms with Gasteiger partial charge < -0.3 is 10.2 Å². The zero-order valence-electron chi connectivity index (χ0n) is 19.9. The van der Waals surface area contributed by atoms with Crippen LogP contribution in [0.1, 0.15) is 112 Å². The lowest BCUT2D eigenvalue weighted by molar-refractivity contribution is -0.220. The lowest BCUT2D eigenvalue weighted by Gasteiger charge is -2.64. The molecule has 4 saturated carbocycles. The molecule has 0 amide bonds. The van der Waals surface area contributed by atoms with Crippen LogP contribution in [-0.2, 0) is 0 Å². The maximum Gasteiger partial charge on any atom is 0.0705 e. The molecule has 4 aliphatic carbocycles. The van der Waals surface area contributed by atoms with Gasteiger partial charge in [-0.1, -0.05) is 53.9 Å². The fraction of sp³-hybridized carbons (Fsp3) is 1.00. The first-order chi connectivity index (χ1) is 13.6. The van der Waals surface area contributed by atoms with Gasteiger partial charge in [-0.05, 0) is 98.7 Å². The van der Waals surface area contributed by atoms with E-state index in [0.29, 0.717) is 11.3 Å². The predicted octanol–water partition coefficient (Wildman–Crippen LogP) is 6.58. The van der Waals surface area contributed by atoms with Crippen LogP contribution in [0.5, 0.6) is 0 Å². The monoisotopic (exact) mass is 404 g/mol. The van der Waals surface area contributed by atoms with Crippen LogP contribution < -0.4 is 0 Å². The number of aliphatic hydroxyl groups excluding tert-OH is 1. The Bertz CT molecular complexity index is 587. The van der Waals surface area contributed by atoms with E-state index in [-0.39, 0.29) is 11.5 Å². The Labute approximate surface area is 180 Å². The average Bonchev–Trinajstić information content (AvgIpc) is 3.00. The zero-order valence-corrected chi connectivity index (χ0v) is 19.9. The third-order valence-electron chi connectivity index (χ3n) is 11.0. The molecule has 4 aliphatic rings. The molecule has 4 rings (SSSR count). The Kier molecular flexibility index (Phi) is 5.95. The van der Waals surface area contributed by atoms with Crippen molar-refractivity contribution in [3.05, 3.63) is 0 Å². The fourth-order valence-electron chi connectivity index (χ4n) is 9.29. The van der Waals surface area contributed by atoms with Gasteiger partial charge in [-0.15, -0.1) is 0 Å². The van der Waals surface area contributed by atoms with Crippen molar-refractivity contribution in [2.24, 2.45) is 46.3 Å². The molecule has 168 valence electrons. The minimum absolute atomic E-state index is 0.0735. The van der Waals surface area contributed by atoms with E-state index in [9.17, 15) is 10.2 Å². The molecule has 0 heterocycles. The summed E-state index contributed by atoms with van der Waals surface area (Å²) in [4.78, 5) is 0. The Hall–Kier alpha value is -0.0800. The van der Waals surface area contributed by atoms with Crippen LogP contribution >= 0.6 is 0 Å². The molecule has 9 atom stereocenters. The Morgan fingerprint density at radius 2 is 1.59 bits per heavy atom. The molecule has 2 unspecified atom stereocenters. The highest BCUT2D eigenvalue weighted by Gasteiger charge is 2.64. The largest absolute Gasteiger partial charge is 0.393 e. The normalized spacial score (nSPS) is 50.7. The summed E-state index contributed by atoms with van der Waals surface area (Å²) >= 11 is 0. The first-order valence-electron chi connectivity index (χ1n) is 13.0. The molecule has 29 heavy (non-hydrogen) atoms. The maximum absolute atomic E-state index is 11.6. The highest BCUT2D eigenvalue weighted by atomic mass is 16.3. The van der Waals surface area contributed by atoms with Gasteiger partial charge in [-0.2, -0.15) is 0 Å². The zero-order chi connectivity index (χ0) is 21.0. The van der Waals surface area contributed by atoms with Crippen LogP contribution in [0.15, 0.2) is 0 Å². The number of hydrogen-bond donors (Lipinski definition) is 2. The minimum Gasteiger partial charge on any atom is -0.393 e. The van der Waals surface area contributed by atoms with Gasteiger partial charge >= 0.3 is 0 Å².